The Bertz CT molecular complexity index is 631. The minimum Gasteiger partial charge on any atom is -0.396 e. The van der Waals surface area contributed by atoms with Gasteiger partial charge in [-0.3, -0.25) is 0 Å². The molecule has 0 spiro atoms. The number of halogens is 1. The molecule has 3 rings (SSSR count). The van der Waals surface area contributed by atoms with E-state index in [1.807, 2.05) is 4.57 Å². The number of nitrogens with two attached hydrogens (primary N) is 1. The number of fused-ring (bicyclic) bond motifs is 1. The van der Waals surface area contributed by atoms with Crippen LogP contribution in [0.1, 0.15) is 6.42 Å². The summed E-state index contributed by atoms with van der Waals surface area (Å²) in [5, 5.41) is 19.0. The third-order valence-corrected chi connectivity index (χ3v) is 4.09. The first kappa shape index (κ1) is 12.6. The number of nitrogens with zero attached hydrogens (tertiary/aromatic N) is 4. The summed E-state index contributed by atoms with van der Waals surface area (Å²) in [4.78, 5) is 12.1. The molecule has 19 heavy (non-hydrogen) atoms. The van der Waals surface area contributed by atoms with Crippen molar-refractivity contribution >= 4 is 28.7 Å². The summed E-state index contributed by atoms with van der Waals surface area (Å²) in [6.45, 7) is 0.619. The minimum atomic E-state index is -0.299. The number of aliphatic hydroxyl groups excluding tert-OH is 2. The van der Waals surface area contributed by atoms with Crippen molar-refractivity contribution in [3.63, 3.8) is 0 Å². The van der Waals surface area contributed by atoms with Crippen molar-refractivity contribution in [3.05, 3.63) is 11.5 Å². The molecule has 0 bridgehead atoms. The number of aromatic nitrogens is 4. The van der Waals surface area contributed by atoms with E-state index in [2.05, 4.69) is 15.0 Å². The Hall–Kier alpha value is -1.44. The van der Waals surface area contributed by atoms with Crippen LogP contribution in [-0.4, -0.2) is 42.9 Å². The van der Waals surface area contributed by atoms with E-state index in [9.17, 15) is 10.2 Å². The highest BCUT2D eigenvalue weighted by atomic mass is 35.5. The number of imidazole rings is 1. The zero-order valence-electron chi connectivity index (χ0n) is 10.1. The van der Waals surface area contributed by atoms with Gasteiger partial charge in [-0.15, -0.1) is 0 Å². The first-order valence-electron chi connectivity index (χ1n) is 5.95. The maximum atomic E-state index is 9.51. The lowest BCUT2D eigenvalue weighted by molar-refractivity contribution is 0.159. The molecule has 1 fully saturated rings. The molecule has 0 saturated heterocycles. The minimum absolute atomic E-state index is 0.0192. The van der Waals surface area contributed by atoms with Crippen LogP contribution in [0.2, 0.25) is 5.15 Å². The zero-order chi connectivity index (χ0) is 13.6. The van der Waals surface area contributed by atoms with Crippen LogP contribution >= 0.6 is 11.6 Å². The molecule has 4 N–H and O–H groups in total. The second-order valence-electron chi connectivity index (χ2n) is 5.02. The summed E-state index contributed by atoms with van der Waals surface area (Å²) in [6.07, 6.45) is 2.39. The van der Waals surface area contributed by atoms with Crippen LogP contribution < -0.4 is 5.73 Å². The van der Waals surface area contributed by atoms with Crippen molar-refractivity contribution < 1.29 is 10.2 Å². The van der Waals surface area contributed by atoms with Crippen LogP contribution in [0.4, 0.5) is 5.95 Å². The molecule has 8 heteroatoms. The predicted octanol–water partition coefficient (Wildman–Crippen LogP) is 0.0528. The van der Waals surface area contributed by atoms with E-state index in [-0.39, 0.29) is 35.6 Å². The molecule has 0 aromatic carbocycles. The van der Waals surface area contributed by atoms with E-state index in [1.54, 1.807) is 6.33 Å². The first-order valence-corrected chi connectivity index (χ1v) is 6.33. The number of anilines is 1. The second-order valence-corrected chi connectivity index (χ2v) is 5.38. The van der Waals surface area contributed by atoms with Gasteiger partial charge >= 0.3 is 0 Å². The summed E-state index contributed by atoms with van der Waals surface area (Å²) in [5.74, 6) is 0.197. The fourth-order valence-electron chi connectivity index (χ4n) is 2.54. The van der Waals surface area contributed by atoms with Gasteiger partial charge in [0.05, 0.1) is 12.9 Å². The van der Waals surface area contributed by atoms with E-state index >= 15 is 0 Å². The molecule has 2 aromatic rings. The average Bonchev–Trinajstić information content (AvgIpc) is 2.94. The molecule has 0 aliphatic heterocycles. The largest absolute Gasteiger partial charge is 0.396 e. The number of hydrogen-bond donors (Lipinski definition) is 3. The van der Waals surface area contributed by atoms with Gasteiger partial charge < -0.3 is 20.5 Å². The van der Waals surface area contributed by atoms with Gasteiger partial charge in [0.2, 0.25) is 5.95 Å². The fourth-order valence-corrected chi connectivity index (χ4v) is 2.82. The van der Waals surface area contributed by atoms with Crippen molar-refractivity contribution in [2.75, 3.05) is 18.9 Å². The van der Waals surface area contributed by atoms with Crippen LogP contribution in [0.15, 0.2) is 6.33 Å². The van der Waals surface area contributed by atoms with Gasteiger partial charge in [-0.25, -0.2) is 4.98 Å². The van der Waals surface area contributed by atoms with Gasteiger partial charge in [0, 0.05) is 18.6 Å². The Balaban J connectivity index is 1.98. The molecule has 0 amide bonds. The number of aliphatic hydroxyl groups is 2. The predicted molar refractivity (Wildman–Crippen MR) is 69.5 cm³/mol. The van der Waals surface area contributed by atoms with Crippen LogP contribution in [0, 0.1) is 11.3 Å². The average molecular weight is 284 g/mol. The highest BCUT2D eigenvalue weighted by Crippen LogP contribution is 2.53. The molecule has 7 nitrogen and oxygen atoms in total. The van der Waals surface area contributed by atoms with Crippen molar-refractivity contribution in [2.24, 2.45) is 11.3 Å². The Morgan fingerprint density at radius 1 is 1.47 bits per heavy atom. The molecular formula is C11H14ClN5O2. The summed E-state index contributed by atoms with van der Waals surface area (Å²) < 4.78 is 1.81. The highest BCUT2D eigenvalue weighted by molar-refractivity contribution is 6.33. The summed E-state index contributed by atoms with van der Waals surface area (Å²) in [5.41, 5.74) is 6.26. The third kappa shape index (κ3) is 1.94. The summed E-state index contributed by atoms with van der Waals surface area (Å²) in [6, 6.07) is 0. The van der Waals surface area contributed by atoms with E-state index in [0.717, 1.165) is 6.42 Å². The Labute approximate surface area is 114 Å². The SMILES string of the molecule is Nc1nc(Cl)c2c(ncn2C[C@]2(CO)C[C@@H]2CO)n1. The molecule has 2 heterocycles. The molecule has 0 radical (unpaired) electrons. The van der Waals surface area contributed by atoms with Gasteiger partial charge in [0.15, 0.2) is 10.8 Å². The van der Waals surface area contributed by atoms with Gasteiger partial charge in [0.1, 0.15) is 5.52 Å². The second kappa shape index (κ2) is 4.29. The normalized spacial score (nSPS) is 25.9. The standard InChI is InChI=1S/C11H14ClN5O2/c12-8-7-9(16-10(13)15-8)14-5-17(7)3-11(4-19)1-6(11)2-18/h5-6,18-19H,1-4H2,(H2,13,15,16)/t6-,11+/m1/s1. The third-order valence-electron chi connectivity index (χ3n) is 3.83. The van der Waals surface area contributed by atoms with E-state index in [1.165, 1.54) is 0 Å². The quantitative estimate of drug-likeness (QED) is 0.684. The van der Waals surface area contributed by atoms with E-state index < -0.39 is 0 Å². The van der Waals surface area contributed by atoms with Crippen molar-refractivity contribution in [3.8, 4) is 0 Å². The summed E-state index contributed by atoms with van der Waals surface area (Å²) >= 11 is 6.07. The molecule has 2 aromatic heterocycles. The van der Waals surface area contributed by atoms with Crippen LogP contribution in [0.5, 0.6) is 0 Å². The maximum absolute atomic E-state index is 9.51. The smallest absolute Gasteiger partial charge is 0.223 e. The number of rotatable bonds is 4. The highest BCUT2D eigenvalue weighted by Gasteiger charge is 2.53. The van der Waals surface area contributed by atoms with Gasteiger partial charge in [0.25, 0.3) is 0 Å². The van der Waals surface area contributed by atoms with Crippen LogP contribution in [0.25, 0.3) is 11.2 Å². The lowest BCUT2D eigenvalue weighted by atomic mass is 10.1. The summed E-state index contributed by atoms with van der Waals surface area (Å²) in [7, 11) is 0. The molecule has 1 saturated carbocycles. The fraction of sp³-hybridized carbons (Fsp3) is 0.545. The van der Waals surface area contributed by atoms with Crippen molar-refractivity contribution in [2.45, 2.75) is 13.0 Å². The topological polar surface area (TPSA) is 110 Å². The van der Waals surface area contributed by atoms with Crippen LogP contribution in [0.3, 0.4) is 0 Å². The molecule has 102 valence electrons. The molecule has 0 unspecified atom stereocenters. The van der Waals surface area contributed by atoms with E-state index in [0.29, 0.717) is 17.7 Å². The number of hydrogen-bond acceptors (Lipinski definition) is 6. The van der Waals surface area contributed by atoms with Gasteiger partial charge in [-0.05, 0) is 12.3 Å². The first-order chi connectivity index (χ1) is 9.09. The maximum Gasteiger partial charge on any atom is 0.223 e. The van der Waals surface area contributed by atoms with E-state index in [4.69, 9.17) is 17.3 Å². The Morgan fingerprint density at radius 3 is 2.89 bits per heavy atom. The van der Waals surface area contributed by atoms with Crippen molar-refractivity contribution in [1.82, 2.24) is 19.5 Å². The zero-order valence-corrected chi connectivity index (χ0v) is 10.9. The Morgan fingerprint density at radius 2 is 2.26 bits per heavy atom. The molecule has 2 atom stereocenters. The van der Waals surface area contributed by atoms with Gasteiger partial charge in [-0.1, -0.05) is 11.6 Å². The lowest BCUT2D eigenvalue weighted by Crippen LogP contribution is -2.19. The Kier molecular flexibility index (Phi) is 2.84. The number of nitrogen functional groups attached to an aromatic ring is 1. The molecular weight excluding hydrogens is 270 g/mol. The monoisotopic (exact) mass is 283 g/mol. The van der Waals surface area contributed by atoms with Gasteiger partial charge in [-0.2, -0.15) is 9.97 Å². The molecule has 1 aliphatic rings. The lowest BCUT2D eigenvalue weighted by Gasteiger charge is -2.15. The van der Waals surface area contributed by atoms with Crippen LogP contribution in [-0.2, 0) is 6.54 Å². The van der Waals surface area contributed by atoms with Crippen molar-refractivity contribution in [1.29, 1.82) is 0 Å². The molecule has 1 aliphatic carbocycles.